The van der Waals surface area contributed by atoms with Crippen LogP contribution in [0.2, 0.25) is 10.0 Å². The molecule has 5 nitrogen and oxygen atoms in total. The summed E-state index contributed by atoms with van der Waals surface area (Å²) in [5.74, 6) is -1.38. The van der Waals surface area contributed by atoms with Crippen LogP contribution in [0.1, 0.15) is 26.7 Å². The third kappa shape index (κ3) is 3.90. The standard InChI is InChI=1S/C13H8Cl2INO4/c14-6-3-8(11(16)9(15)4-6)12(18)17-5-7-1-2-10(21-7)13(19)20/h1-4H,5H2,(H,17,18)(H,19,20). The molecule has 2 N–H and O–H groups in total. The van der Waals surface area contributed by atoms with Crippen LogP contribution in [-0.2, 0) is 6.54 Å². The van der Waals surface area contributed by atoms with Gasteiger partial charge in [0.15, 0.2) is 0 Å². The first-order valence-electron chi connectivity index (χ1n) is 5.63. The lowest BCUT2D eigenvalue weighted by Crippen LogP contribution is -2.23. The zero-order valence-electron chi connectivity index (χ0n) is 10.3. The molecule has 0 saturated carbocycles. The minimum Gasteiger partial charge on any atom is -0.475 e. The van der Waals surface area contributed by atoms with E-state index in [-0.39, 0.29) is 18.2 Å². The van der Waals surface area contributed by atoms with Crippen LogP contribution in [0.25, 0.3) is 0 Å². The summed E-state index contributed by atoms with van der Waals surface area (Å²) in [5.41, 5.74) is 0.345. The molecule has 2 aromatic rings. The highest BCUT2D eigenvalue weighted by Crippen LogP contribution is 2.26. The van der Waals surface area contributed by atoms with Crippen molar-refractivity contribution in [3.8, 4) is 0 Å². The zero-order chi connectivity index (χ0) is 15.6. The largest absolute Gasteiger partial charge is 0.475 e. The number of rotatable bonds is 4. The van der Waals surface area contributed by atoms with E-state index in [1.165, 1.54) is 18.2 Å². The molecule has 2 rings (SSSR count). The summed E-state index contributed by atoms with van der Waals surface area (Å²) in [4.78, 5) is 22.8. The third-order valence-corrected chi connectivity index (χ3v) is 4.53. The van der Waals surface area contributed by atoms with Gasteiger partial charge in [-0.25, -0.2) is 4.79 Å². The van der Waals surface area contributed by atoms with Crippen LogP contribution in [0.5, 0.6) is 0 Å². The monoisotopic (exact) mass is 439 g/mol. The van der Waals surface area contributed by atoms with Gasteiger partial charge < -0.3 is 14.8 Å². The van der Waals surface area contributed by atoms with Crippen LogP contribution in [0.15, 0.2) is 28.7 Å². The number of hydrogen-bond acceptors (Lipinski definition) is 3. The lowest BCUT2D eigenvalue weighted by atomic mass is 10.2. The molecule has 1 heterocycles. The fourth-order valence-corrected chi connectivity index (χ4v) is 2.62. The Morgan fingerprint density at radius 2 is 2.00 bits per heavy atom. The van der Waals surface area contributed by atoms with Crippen LogP contribution in [0, 0.1) is 3.57 Å². The minimum absolute atomic E-state index is 0.0618. The van der Waals surface area contributed by atoms with Gasteiger partial charge in [0.25, 0.3) is 5.91 Å². The molecule has 110 valence electrons. The molecule has 0 spiro atoms. The second-order valence-electron chi connectivity index (χ2n) is 4.00. The topological polar surface area (TPSA) is 79.5 Å². The van der Waals surface area contributed by atoms with Crippen LogP contribution >= 0.6 is 45.8 Å². The van der Waals surface area contributed by atoms with E-state index in [2.05, 4.69) is 5.32 Å². The lowest BCUT2D eigenvalue weighted by molar-refractivity contribution is 0.0660. The number of carbonyl (C=O) groups excluding carboxylic acids is 1. The van der Waals surface area contributed by atoms with E-state index in [0.717, 1.165) is 0 Å². The van der Waals surface area contributed by atoms with Crippen molar-refractivity contribution in [1.29, 1.82) is 0 Å². The number of nitrogens with one attached hydrogen (secondary N) is 1. The molecule has 0 radical (unpaired) electrons. The van der Waals surface area contributed by atoms with Gasteiger partial charge in [-0.1, -0.05) is 23.2 Å². The van der Waals surface area contributed by atoms with Crippen molar-refractivity contribution in [2.75, 3.05) is 0 Å². The molecule has 1 aromatic heterocycles. The second-order valence-corrected chi connectivity index (χ2v) is 5.93. The van der Waals surface area contributed by atoms with Gasteiger partial charge in [0.1, 0.15) is 5.76 Å². The second kappa shape index (κ2) is 6.67. The Balaban J connectivity index is 2.09. The first kappa shape index (κ1) is 16.1. The summed E-state index contributed by atoms with van der Waals surface area (Å²) in [6.45, 7) is 0.0618. The number of furan rings is 1. The fraction of sp³-hybridized carbons (Fsp3) is 0.0769. The maximum atomic E-state index is 12.1. The molecular formula is C13H8Cl2INO4. The molecule has 0 aliphatic heterocycles. The molecule has 0 fully saturated rings. The van der Waals surface area contributed by atoms with E-state index in [1.807, 2.05) is 22.6 Å². The Bertz CT molecular complexity index is 714. The highest BCUT2D eigenvalue weighted by Gasteiger charge is 2.15. The Morgan fingerprint density at radius 3 is 2.62 bits per heavy atom. The van der Waals surface area contributed by atoms with Crippen molar-refractivity contribution >= 4 is 57.7 Å². The Hall–Kier alpha value is -1.25. The van der Waals surface area contributed by atoms with Crippen molar-refractivity contribution in [3.05, 3.63) is 55.0 Å². The number of hydrogen-bond donors (Lipinski definition) is 2. The summed E-state index contributed by atoms with van der Waals surface area (Å²) < 4.78 is 5.63. The average molecular weight is 440 g/mol. The normalized spacial score (nSPS) is 10.4. The van der Waals surface area contributed by atoms with Gasteiger partial charge in [-0.05, 0) is 46.9 Å². The van der Waals surface area contributed by atoms with Gasteiger partial charge in [-0.2, -0.15) is 0 Å². The van der Waals surface area contributed by atoms with E-state index < -0.39 is 5.97 Å². The molecule has 0 saturated heterocycles. The number of benzene rings is 1. The van der Waals surface area contributed by atoms with Gasteiger partial charge in [0.2, 0.25) is 5.76 Å². The highest BCUT2D eigenvalue weighted by molar-refractivity contribution is 14.1. The van der Waals surface area contributed by atoms with Crippen molar-refractivity contribution in [1.82, 2.24) is 5.32 Å². The number of carboxylic acids is 1. The van der Waals surface area contributed by atoms with Gasteiger partial charge in [0, 0.05) is 8.59 Å². The predicted molar refractivity (Wildman–Crippen MR) is 86.0 cm³/mol. The van der Waals surface area contributed by atoms with Crippen LogP contribution in [0.3, 0.4) is 0 Å². The summed E-state index contributed by atoms with van der Waals surface area (Å²) in [7, 11) is 0. The molecule has 0 bridgehead atoms. The summed E-state index contributed by atoms with van der Waals surface area (Å²) >= 11 is 13.8. The number of carbonyl (C=O) groups is 2. The number of aromatic carboxylic acids is 1. The van der Waals surface area contributed by atoms with Crippen LogP contribution < -0.4 is 5.32 Å². The Kier molecular flexibility index (Phi) is 5.13. The van der Waals surface area contributed by atoms with E-state index in [4.69, 9.17) is 32.7 Å². The Morgan fingerprint density at radius 1 is 1.29 bits per heavy atom. The predicted octanol–water partition coefficient (Wildman–Crippen LogP) is 3.82. The average Bonchev–Trinajstić information content (AvgIpc) is 2.89. The van der Waals surface area contributed by atoms with E-state index in [9.17, 15) is 9.59 Å². The highest BCUT2D eigenvalue weighted by atomic mass is 127. The first-order valence-corrected chi connectivity index (χ1v) is 7.46. The van der Waals surface area contributed by atoms with Gasteiger partial charge in [0.05, 0.1) is 17.1 Å². The smallest absolute Gasteiger partial charge is 0.371 e. The van der Waals surface area contributed by atoms with Gasteiger partial charge in [-0.3, -0.25) is 4.79 Å². The summed E-state index contributed by atoms with van der Waals surface area (Å²) in [6, 6.07) is 5.87. The van der Waals surface area contributed by atoms with Crippen LogP contribution in [0.4, 0.5) is 0 Å². The molecule has 0 unspecified atom stereocenters. The fourth-order valence-electron chi connectivity index (χ4n) is 1.57. The molecule has 1 aromatic carbocycles. The molecule has 8 heteroatoms. The maximum absolute atomic E-state index is 12.1. The molecular weight excluding hydrogens is 432 g/mol. The van der Waals surface area contributed by atoms with E-state index in [0.29, 0.717) is 24.9 Å². The van der Waals surface area contributed by atoms with Crippen molar-refractivity contribution in [2.45, 2.75) is 6.54 Å². The van der Waals surface area contributed by atoms with Crippen molar-refractivity contribution in [3.63, 3.8) is 0 Å². The van der Waals surface area contributed by atoms with Crippen LogP contribution in [-0.4, -0.2) is 17.0 Å². The minimum atomic E-state index is -1.16. The van der Waals surface area contributed by atoms with Crippen molar-refractivity contribution in [2.24, 2.45) is 0 Å². The number of amides is 1. The van der Waals surface area contributed by atoms with Gasteiger partial charge in [-0.15, -0.1) is 0 Å². The quantitative estimate of drug-likeness (QED) is 0.560. The first-order chi connectivity index (χ1) is 9.88. The SMILES string of the molecule is O=C(O)c1ccc(CNC(=O)c2cc(Cl)cc(Cl)c2I)o1. The molecule has 21 heavy (non-hydrogen) atoms. The molecule has 0 atom stereocenters. The van der Waals surface area contributed by atoms with Gasteiger partial charge >= 0.3 is 5.97 Å². The maximum Gasteiger partial charge on any atom is 0.371 e. The number of carboxylic acid groups (broad SMARTS) is 1. The number of halogens is 3. The molecule has 1 amide bonds. The van der Waals surface area contributed by atoms with E-state index in [1.54, 1.807) is 6.07 Å². The molecule has 0 aliphatic rings. The third-order valence-electron chi connectivity index (χ3n) is 2.53. The summed E-state index contributed by atoms with van der Waals surface area (Å²) in [6.07, 6.45) is 0. The van der Waals surface area contributed by atoms with E-state index >= 15 is 0 Å². The zero-order valence-corrected chi connectivity index (χ0v) is 14.0. The Labute approximate surface area is 143 Å². The summed E-state index contributed by atoms with van der Waals surface area (Å²) in [5, 5.41) is 12.1. The van der Waals surface area contributed by atoms with Crippen molar-refractivity contribution < 1.29 is 19.1 Å². The lowest BCUT2D eigenvalue weighted by Gasteiger charge is -2.07. The molecule has 0 aliphatic carbocycles.